The van der Waals surface area contributed by atoms with Crippen molar-refractivity contribution >= 4 is 67.6 Å². The van der Waals surface area contributed by atoms with E-state index >= 15 is 0 Å². The first-order valence-electron chi connectivity index (χ1n) is 13.6. The lowest BCUT2D eigenvalue weighted by atomic mass is 10.00. The van der Waals surface area contributed by atoms with Crippen LogP contribution in [0.4, 0.5) is 0 Å². The second-order valence-electron chi connectivity index (χ2n) is 9.57. The molecule has 4 aromatic carbocycles. The molecule has 0 aliphatic heterocycles. The van der Waals surface area contributed by atoms with Gasteiger partial charge in [0.1, 0.15) is 5.75 Å². The van der Waals surface area contributed by atoms with Gasteiger partial charge in [0, 0.05) is 31.8 Å². The molecule has 0 amide bonds. The lowest BCUT2D eigenvalue weighted by molar-refractivity contribution is -0.135. The van der Waals surface area contributed by atoms with E-state index in [2.05, 4.69) is 6.92 Å². The molecular weight excluding hydrogens is 643 g/mol. The molecule has 0 aliphatic rings. The molecule has 5 nitrogen and oxygen atoms in total. The minimum atomic E-state index is -3.37. The van der Waals surface area contributed by atoms with E-state index in [0.29, 0.717) is 26.7 Å². The first-order valence-corrected chi connectivity index (χ1v) is 17.8. The molecule has 0 heterocycles. The average Bonchev–Trinajstić information content (AvgIpc) is 2.98. The summed E-state index contributed by atoms with van der Waals surface area (Å²) in [5.74, 6) is 0.675. The highest BCUT2D eigenvalue weighted by molar-refractivity contribution is 8.13. The molecule has 0 atom stereocenters. The Morgan fingerprint density at radius 3 is 2.12 bits per heavy atom. The predicted molar refractivity (Wildman–Crippen MR) is 178 cm³/mol. The van der Waals surface area contributed by atoms with Gasteiger partial charge in [0.25, 0.3) is 0 Å². The van der Waals surface area contributed by atoms with Crippen LogP contribution in [-0.2, 0) is 19.4 Å². The van der Waals surface area contributed by atoms with E-state index in [0.717, 1.165) is 38.4 Å². The highest BCUT2D eigenvalue weighted by atomic mass is 35.5. The fourth-order valence-electron chi connectivity index (χ4n) is 4.37. The highest BCUT2D eigenvalue weighted by Gasteiger charge is 2.19. The zero-order valence-corrected chi connectivity index (χ0v) is 27.8. The van der Waals surface area contributed by atoms with Crippen LogP contribution < -0.4 is 4.74 Å². The van der Waals surface area contributed by atoms with Crippen molar-refractivity contribution in [2.24, 2.45) is 0 Å². The molecule has 43 heavy (non-hydrogen) atoms. The topological polar surface area (TPSA) is 77.5 Å². The summed E-state index contributed by atoms with van der Waals surface area (Å²) in [4.78, 5) is 27.9. The third-order valence-corrected chi connectivity index (χ3v) is 10.7. The van der Waals surface area contributed by atoms with Crippen molar-refractivity contribution in [1.82, 2.24) is 0 Å². The normalized spacial score (nSPS) is 11.4. The molecule has 0 unspecified atom stereocenters. The second kappa shape index (κ2) is 14.8. The number of rotatable bonds is 11. The van der Waals surface area contributed by atoms with Gasteiger partial charge in [-0.05, 0) is 95.6 Å². The number of hydrogen-bond donors (Lipinski definition) is 0. The standard InChI is InChI=1S/C33H30Cl2O5S3/c1-4-41-25-10-6-22(7-11-25)28-19-24(35)9-15-31(28)42-33(37)17-16-32(36)40-30-14-8-23(34)20-29(30)27-13-12-26(18-21(27)3)43(38,39)5-2/h6-15,18-20H,4-5,16-17H2,1-3H3. The van der Waals surface area contributed by atoms with E-state index in [1.54, 1.807) is 62.0 Å². The third-order valence-electron chi connectivity index (χ3n) is 6.57. The van der Waals surface area contributed by atoms with Crippen LogP contribution >= 0.6 is 46.7 Å². The number of ether oxygens (including phenoxy) is 1. The number of thioether (sulfide) groups is 2. The fraction of sp³-hybridized carbons (Fsp3) is 0.212. The van der Waals surface area contributed by atoms with E-state index in [4.69, 9.17) is 27.9 Å². The van der Waals surface area contributed by atoms with Gasteiger partial charge in [0.2, 0.25) is 0 Å². The maximum Gasteiger partial charge on any atom is 0.311 e. The lowest BCUT2D eigenvalue weighted by Gasteiger charge is -2.14. The summed E-state index contributed by atoms with van der Waals surface area (Å²) in [6.07, 6.45) is -0.143. The average molecular weight is 674 g/mol. The minimum absolute atomic E-state index is 0.00642. The monoisotopic (exact) mass is 672 g/mol. The van der Waals surface area contributed by atoms with Crippen LogP contribution in [0.5, 0.6) is 5.75 Å². The van der Waals surface area contributed by atoms with E-state index in [1.165, 1.54) is 6.07 Å². The van der Waals surface area contributed by atoms with Gasteiger partial charge >= 0.3 is 5.97 Å². The number of hydrogen-bond acceptors (Lipinski definition) is 7. The second-order valence-corrected chi connectivity index (χ2v) is 15.2. The number of aryl methyl sites for hydroxylation is 1. The van der Waals surface area contributed by atoms with Crippen molar-refractivity contribution in [1.29, 1.82) is 0 Å². The van der Waals surface area contributed by atoms with Gasteiger partial charge in [0.15, 0.2) is 15.0 Å². The van der Waals surface area contributed by atoms with Crippen LogP contribution in [0.25, 0.3) is 22.3 Å². The van der Waals surface area contributed by atoms with E-state index in [9.17, 15) is 18.0 Å². The Balaban J connectivity index is 1.45. The molecular formula is C33H30Cl2O5S3. The van der Waals surface area contributed by atoms with Gasteiger partial charge in [0.05, 0.1) is 17.1 Å². The van der Waals surface area contributed by atoms with Crippen LogP contribution in [0, 0.1) is 6.92 Å². The molecule has 224 valence electrons. The van der Waals surface area contributed by atoms with E-state index < -0.39 is 15.8 Å². The van der Waals surface area contributed by atoms with Crippen LogP contribution in [-0.4, -0.2) is 31.0 Å². The van der Waals surface area contributed by atoms with Crippen molar-refractivity contribution in [2.75, 3.05) is 11.5 Å². The molecule has 0 aromatic heterocycles. The van der Waals surface area contributed by atoms with Crippen LogP contribution in [0.1, 0.15) is 32.3 Å². The van der Waals surface area contributed by atoms with E-state index in [1.807, 2.05) is 36.4 Å². The fourth-order valence-corrected chi connectivity index (χ4v) is 7.21. The smallest absolute Gasteiger partial charge is 0.311 e. The van der Waals surface area contributed by atoms with Crippen molar-refractivity contribution in [3.63, 3.8) is 0 Å². The molecule has 0 N–H and O–H groups in total. The van der Waals surface area contributed by atoms with Crippen LogP contribution in [0.2, 0.25) is 10.0 Å². The molecule has 10 heteroatoms. The Kier molecular flexibility index (Phi) is 11.4. The highest BCUT2D eigenvalue weighted by Crippen LogP contribution is 2.37. The lowest BCUT2D eigenvalue weighted by Crippen LogP contribution is -2.10. The number of esters is 1. The molecule has 0 saturated heterocycles. The van der Waals surface area contributed by atoms with Gasteiger partial charge in [-0.1, -0.05) is 67.0 Å². The maximum absolute atomic E-state index is 12.9. The first kappa shape index (κ1) is 33.1. The molecule has 4 rings (SSSR count). The Morgan fingerprint density at radius 2 is 1.47 bits per heavy atom. The van der Waals surface area contributed by atoms with Crippen LogP contribution in [0.3, 0.4) is 0 Å². The summed E-state index contributed by atoms with van der Waals surface area (Å²) in [6, 6.07) is 23.2. The summed E-state index contributed by atoms with van der Waals surface area (Å²) < 4.78 is 30.3. The Labute approximate surface area is 271 Å². The molecule has 0 aliphatic carbocycles. The van der Waals surface area contributed by atoms with Crippen molar-refractivity contribution < 1.29 is 22.7 Å². The minimum Gasteiger partial charge on any atom is -0.426 e. The maximum atomic E-state index is 12.9. The van der Waals surface area contributed by atoms with Crippen molar-refractivity contribution in [3.05, 3.63) is 94.5 Å². The SMILES string of the molecule is CCSc1ccc(-c2cc(Cl)ccc2SC(=O)CCC(=O)Oc2ccc(Cl)cc2-c2ccc(S(=O)(=O)CC)cc2C)cc1. The van der Waals surface area contributed by atoms with Gasteiger partial charge in [-0.2, -0.15) is 0 Å². The largest absolute Gasteiger partial charge is 0.426 e. The quantitative estimate of drug-likeness (QED) is 0.0892. The predicted octanol–water partition coefficient (Wildman–Crippen LogP) is 9.55. The molecule has 0 radical (unpaired) electrons. The third kappa shape index (κ3) is 8.67. The summed E-state index contributed by atoms with van der Waals surface area (Å²) in [5.41, 5.74) is 3.72. The van der Waals surface area contributed by atoms with Gasteiger partial charge in [-0.3, -0.25) is 9.59 Å². The number of carbonyl (C=O) groups excluding carboxylic acids is 2. The number of benzene rings is 4. The molecule has 0 bridgehead atoms. The summed E-state index contributed by atoms with van der Waals surface area (Å²) in [7, 11) is -3.37. The molecule has 0 spiro atoms. The van der Waals surface area contributed by atoms with Crippen molar-refractivity contribution in [2.45, 2.75) is 48.3 Å². The number of halogens is 2. The summed E-state index contributed by atoms with van der Waals surface area (Å²) in [5, 5.41) is 0.820. The van der Waals surface area contributed by atoms with E-state index in [-0.39, 0.29) is 34.4 Å². The zero-order chi connectivity index (χ0) is 31.1. The first-order chi connectivity index (χ1) is 20.5. The van der Waals surface area contributed by atoms with Crippen molar-refractivity contribution in [3.8, 4) is 28.0 Å². The number of sulfone groups is 1. The zero-order valence-electron chi connectivity index (χ0n) is 23.9. The number of carbonyl (C=O) groups is 2. The van der Waals surface area contributed by atoms with Gasteiger partial charge in [-0.25, -0.2) is 8.42 Å². The molecule has 0 saturated carbocycles. The molecule has 0 fully saturated rings. The summed E-state index contributed by atoms with van der Waals surface area (Å²) >= 11 is 15.4. The Morgan fingerprint density at radius 1 is 0.791 bits per heavy atom. The molecule has 4 aromatic rings. The van der Waals surface area contributed by atoms with Crippen LogP contribution in [0.15, 0.2) is 93.5 Å². The van der Waals surface area contributed by atoms with Gasteiger partial charge in [-0.15, -0.1) is 11.8 Å². The summed E-state index contributed by atoms with van der Waals surface area (Å²) in [6.45, 7) is 5.48. The Bertz CT molecular complexity index is 1750. The van der Waals surface area contributed by atoms with Gasteiger partial charge < -0.3 is 4.74 Å². The Hall–Kier alpha value is -2.75.